The highest BCUT2D eigenvalue weighted by Crippen LogP contribution is 2.35. The number of rotatable bonds is 5. The summed E-state index contributed by atoms with van der Waals surface area (Å²) in [7, 11) is 2.10. The van der Waals surface area contributed by atoms with Crippen molar-refractivity contribution >= 4 is 34.0 Å². The van der Waals surface area contributed by atoms with Gasteiger partial charge in [0.1, 0.15) is 12.4 Å². The van der Waals surface area contributed by atoms with Crippen molar-refractivity contribution in [1.29, 1.82) is 5.26 Å². The molecule has 1 N–H and O–H groups in total. The number of carbonyl (C=O) groups is 1. The van der Waals surface area contributed by atoms with E-state index in [2.05, 4.69) is 32.1 Å². The van der Waals surface area contributed by atoms with Gasteiger partial charge in [-0.15, -0.1) is 0 Å². The first kappa shape index (κ1) is 25.1. The molecule has 0 atom stereocenters. The molecule has 2 aromatic carbocycles. The molecule has 0 bridgehead atoms. The molecule has 0 unspecified atom stereocenters. The number of piperazine rings is 1. The summed E-state index contributed by atoms with van der Waals surface area (Å²) in [5, 5.41) is 12.8. The van der Waals surface area contributed by atoms with Crippen LogP contribution in [0, 0.1) is 29.9 Å². The number of anilines is 3. The smallest absolute Gasteiger partial charge is 0.242 e. The van der Waals surface area contributed by atoms with E-state index in [9.17, 15) is 14.4 Å². The topological polar surface area (TPSA) is 99.3 Å². The van der Waals surface area contributed by atoms with Crippen LogP contribution in [-0.2, 0) is 0 Å². The van der Waals surface area contributed by atoms with Crippen LogP contribution < -0.4 is 15.0 Å². The Morgan fingerprint density at radius 3 is 2.47 bits per heavy atom. The summed E-state index contributed by atoms with van der Waals surface area (Å²) in [6.45, 7) is 6.72. The highest BCUT2D eigenvalue weighted by atomic mass is 19.1. The van der Waals surface area contributed by atoms with Crippen molar-refractivity contribution < 1.29 is 18.3 Å². The number of carbonyl (C=O) groups excluding carboxylic acids is 1. The molecule has 1 fully saturated rings. The molecule has 3 heterocycles. The SMILES string of the molecule is CC(=O)n1c(C)cc2c(F)c(Oc3ncnc(Nc4ccc(N5CCN(C)CC5)cc4)c3C#N)cc(F)c21. The number of nitrogens with one attached hydrogen (secondary N) is 1. The Morgan fingerprint density at radius 2 is 1.82 bits per heavy atom. The number of hydrogen-bond donors (Lipinski definition) is 1. The molecule has 194 valence electrons. The van der Waals surface area contributed by atoms with Crippen LogP contribution in [0.5, 0.6) is 11.6 Å². The number of likely N-dealkylation sites (N-methyl/N-ethyl adjacent to an activating group) is 1. The molecule has 9 nitrogen and oxygen atoms in total. The molecule has 0 saturated carbocycles. The Balaban J connectivity index is 1.42. The Morgan fingerprint density at radius 1 is 1.11 bits per heavy atom. The van der Waals surface area contributed by atoms with Crippen LogP contribution >= 0.6 is 0 Å². The summed E-state index contributed by atoms with van der Waals surface area (Å²) < 4.78 is 37.0. The number of nitriles is 1. The Bertz CT molecular complexity index is 1570. The number of aromatic nitrogens is 3. The van der Waals surface area contributed by atoms with E-state index in [4.69, 9.17) is 4.74 Å². The number of fused-ring (bicyclic) bond motifs is 1. The molecule has 5 rings (SSSR count). The first-order valence-electron chi connectivity index (χ1n) is 12.0. The van der Waals surface area contributed by atoms with Gasteiger partial charge in [0.05, 0.1) is 5.52 Å². The third-order valence-corrected chi connectivity index (χ3v) is 6.57. The number of benzene rings is 2. The molecular weight excluding hydrogens is 492 g/mol. The van der Waals surface area contributed by atoms with Crippen LogP contribution in [0.2, 0.25) is 0 Å². The van der Waals surface area contributed by atoms with E-state index in [1.807, 2.05) is 30.3 Å². The zero-order valence-corrected chi connectivity index (χ0v) is 21.1. The predicted octanol–water partition coefficient (Wildman–Crippen LogP) is 4.84. The number of nitrogens with zero attached hydrogens (tertiary/aromatic N) is 6. The highest BCUT2D eigenvalue weighted by molar-refractivity contribution is 5.94. The second kappa shape index (κ2) is 10.1. The summed E-state index contributed by atoms with van der Waals surface area (Å²) in [4.78, 5) is 24.6. The van der Waals surface area contributed by atoms with Crippen molar-refractivity contribution in [2.75, 3.05) is 43.4 Å². The van der Waals surface area contributed by atoms with Gasteiger partial charge in [-0.3, -0.25) is 9.36 Å². The van der Waals surface area contributed by atoms with Crippen molar-refractivity contribution in [3.63, 3.8) is 0 Å². The predicted molar refractivity (Wildman–Crippen MR) is 139 cm³/mol. The van der Waals surface area contributed by atoms with E-state index in [0.29, 0.717) is 11.4 Å². The number of ether oxygens (including phenoxy) is 1. The lowest BCUT2D eigenvalue weighted by Gasteiger charge is -2.34. The van der Waals surface area contributed by atoms with Gasteiger partial charge in [-0.1, -0.05) is 0 Å². The molecule has 0 aliphatic carbocycles. The maximum atomic E-state index is 15.3. The number of hydrogen-bond acceptors (Lipinski definition) is 8. The van der Waals surface area contributed by atoms with E-state index in [1.54, 1.807) is 6.92 Å². The molecule has 0 amide bonds. The van der Waals surface area contributed by atoms with Gasteiger partial charge in [-0.05, 0) is 44.3 Å². The fourth-order valence-electron chi connectivity index (χ4n) is 4.60. The van der Waals surface area contributed by atoms with E-state index < -0.39 is 23.3 Å². The van der Waals surface area contributed by atoms with Crippen LogP contribution in [0.15, 0.2) is 42.7 Å². The van der Waals surface area contributed by atoms with Crippen LogP contribution in [0.3, 0.4) is 0 Å². The minimum absolute atomic E-state index is 0.0759. The largest absolute Gasteiger partial charge is 0.434 e. The van der Waals surface area contributed by atoms with Crippen LogP contribution in [-0.4, -0.2) is 58.6 Å². The first-order valence-corrected chi connectivity index (χ1v) is 12.0. The number of halogens is 2. The fourth-order valence-corrected chi connectivity index (χ4v) is 4.60. The highest BCUT2D eigenvalue weighted by Gasteiger charge is 2.23. The third-order valence-electron chi connectivity index (χ3n) is 6.57. The average Bonchev–Trinajstić information content (AvgIpc) is 3.26. The van der Waals surface area contributed by atoms with Crippen molar-refractivity contribution in [3.8, 4) is 17.7 Å². The van der Waals surface area contributed by atoms with Gasteiger partial charge < -0.3 is 19.9 Å². The molecular formula is C27H25F2N7O2. The maximum Gasteiger partial charge on any atom is 0.242 e. The Hall–Kier alpha value is -4.56. The second-order valence-corrected chi connectivity index (χ2v) is 9.15. The van der Waals surface area contributed by atoms with Gasteiger partial charge in [0.15, 0.2) is 28.8 Å². The lowest BCUT2D eigenvalue weighted by Crippen LogP contribution is -2.44. The zero-order chi connectivity index (χ0) is 27.0. The van der Waals surface area contributed by atoms with Gasteiger partial charge in [-0.25, -0.2) is 18.7 Å². The standard InChI is InChI=1S/C27H25F2N7O2/c1-16-12-20-24(29)23(13-22(28)25(20)36(16)17(2)37)38-27-21(14-30)26(31-15-32-27)33-18-4-6-19(7-5-18)35-10-8-34(3)9-11-35/h4-7,12-13,15H,8-11H2,1-3H3,(H,31,32,33). The van der Waals surface area contributed by atoms with Crippen molar-refractivity contribution in [1.82, 2.24) is 19.4 Å². The monoisotopic (exact) mass is 517 g/mol. The van der Waals surface area contributed by atoms with Crippen molar-refractivity contribution in [3.05, 3.63) is 65.6 Å². The average molecular weight is 518 g/mol. The molecule has 4 aromatic rings. The van der Waals surface area contributed by atoms with Gasteiger partial charge in [0.25, 0.3) is 0 Å². The lowest BCUT2D eigenvalue weighted by molar-refractivity contribution is 0.0939. The molecule has 2 aromatic heterocycles. The number of aryl methyl sites for hydroxylation is 1. The molecule has 0 spiro atoms. The van der Waals surface area contributed by atoms with Crippen LogP contribution in [0.25, 0.3) is 10.9 Å². The summed E-state index contributed by atoms with van der Waals surface area (Å²) in [5.74, 6) is -2.70. The minimum Gasteiger partial charge on any atom is -0.434 e. The summed E-state index contributed by atoms with van der Waals surface area (Å²) >= 11 is 0. The zero-order valence-electron chi connectivity index (χ0n) is 21.1. The molecule has 1 saturated heterocycles. The minimum atomic E-state index is -0.874. The van der Waals surface area contributed by atoms with E-state index >= 15 is 4.39 Å². The van der Waals surface area contributed by atoms with E-state index in [0.717, 1.165) is 42.5 Å². The van der Waals surface area contributed by atoms with Gasteiger partial charge in [0.2, 0.25) is 11.8 Å². The summed E-state index contributed by atoms with van der Waals surface area (Å²) in [5.41, 5.74) is 1.91. The summed E-state index contributed by atoms with van der Waals surface area (Å²) in [6.07, 6.45) is 1.17. The quantitative estimate of drug-likeness (QED) is 0.402. The fraction of sp³-hybridized carbons (Fsp3) is 0.259. The molecule has 1 aliphatic heterocycles. The van der Waals surface area contributed by atoms with E-state index in [-0.39, 0.29) is 28.2 Å². The lowest BCUT2D eigenvalue weighted by atomic mass is 10.2. The second-order valence-electron chi connectivity index (χ2n) is 9.15. The van der Waals surface area contributed by atoms with Gasteiger partial charge in [-0.2, -0.15) is 5.26 Å². The van der Waals surface area contributed by atoms with Crippen molar-refractivity contribution in [2.45, 2.75) is 13.8 Å². The van der Waals surface area contributed by atoms with Crippen LogP contribution in [0.1, 0.15) is 23.0 Å². The van der Waals surface area contributed by atoms with Crippen LogP contribution in [0.4, 0.5) is 26.0 Å². The van der Waals surface area contributed by atoms with Gasteiger partial charge in [0, 0.05) is 61.6 Å². The molecule has 11 heteroatoms. The first-order chi connectivity index (χ1) is 18.3. The molecule has 0 radical (unpaired) electrons. The Kier molecular flexibility index (Phi) is 6.65. The third kappa shape index (κ3) is 4.62. The van der Waals surface area contributed by atoms with Crippen molar-refractivity contribution in [2.24, 2.45) is 0 Å². The van der Waals surface area contributed by atoms with E-state index in [1.165, 1.54) is 19.3 Å². The molecule has 38 heavy (non-hydrogen) atoms. The summed E-state index contributed by atoms with van der Waals surface area (Å²) in [6, 6.07) is 11.9. The maximum absolute atomic E-state index is 15.3. The molecule has 1 aliphatic rings. The normalized spacial score (nSPS) is 13.9. The van der Waals surface area contributed by atoms with Gasteiger partial charge >= 0.3 is 0 Å². The Labute approximate surface area is 217 Å².